The minimum absolute atomic E-state index is 0.0706. The van der Waals surface area contributed by atoms with Gasteiger partial charge in [0.25, 0.3) is 5.91 Å². The summed E-state index contributed by atoms with van der Waals surface area (Å²) in [5.74, 6) is -1.56. The van der Waals surface area contributed by atoms with Crippen molar-refractivity contribution in [3.8, 4) is 11.5 Å². The molecule has 0 aliphatic carbocycles. The molecule has 2 aromatic carbocycles. The fourth-order valence-corrected chi connectivity index (χ4v) is 3.62. The van der Waals surface area contributed by atoms with Gasteiger partial charge in [-0.1, -0.05) is 29.3 Å². The molecule has 36 heavy (non-hydrogen) atoms. The van der Waals surface area contributed by atoms with Crippen LogP contribution < -0.4 is 25.5 Å². The Morgan fingerprint density at radius 3 is 2.64 bits per heavy atom. The van der Waals surface area contributed by atoms with Gasteiger partial charge in [-0.3, -0.25) is 14.4 Å². The number of rotatable bonds is 10. The first-order chi connectivity index (χ1) is 17.4. The lowest BCUT2D eigenvalue weighted by Crippen LogP contribution is -2.41. The lowest BCUT2D eigenvalue weighted by molar-refractivity contribution is -0.139. The van der Waals surface area contributed by atoms with E-state index in [-0.39, 0.29) is 35.9 Å². The van der Waals surface area contributed by atoms with Gasteiger partial charge in [0.05, 0.1) is 23.9 Å². The summed E-state index contributed by atoms with van der Waals surface area (Å²) in [6.07, 6.45) is 3.03. The Kier molecular flexibility index (Phi) is 10.1. The average molecular weight is 517 g/mol. The lowest BCUT2D eigenvalue weighted by atomic mass is 10.2. The average Bonchev–Trinajstić information content (AvgIpc) is 3.37. The fourth-order valence-electron chi connectivity index (χ4n) is 3.35. The van der Waals surface area contributed by atoms with Crippen LogP contribution in [0.3, 0.4) is 0 Å². The summed E-state index contributed by atoms with van der Waals surface area (Å²) in [6.45, 7) is 4.72. The monoisotopic (exact) mass is 516 g/mol. The molecule has 1 heterocycles. The van der Waals surface area contributed by atoms with Crippen molar-refractivity contribution in [2.45, 2.75) is 32.8 Å². The van der Waals surface area contributed by atoms with Crippen molar-refractivity contribution < 1.29 is 28.6 Å². The van der Waals surface area contributed by atoms with Gasteiger partial charge in [0.2, 0.25) is 0 Å². The van der Waals surface area contributed by atoms with Crippen LogP contribution in [0.5, 0.6) is 11.5 Å². The molecule has 0 spiro atoms. The second kappa shape index (κ2) is 13.5. The predicted octanol–water partition coefficient (Wildman–Crippen LogP) is 2.81. The van der Waals surface area contributed by atoms with E-state index in [4.69, 9.17) is 25.8 Å². The van der Waals surface area contributed by atoms with E-state index in [9.17, 15) is 14.4 Å². The molecule has 192 valence electrons. The lowest BCUT2D eigenvalue weighted by Gasteiger charge is -2.14. The molecule has 1 fully saturated rings. The Morgan fingerprint density at radius 1 is 1.17 bits per heavy atom. The Balaban J connectivity index is 1.55. The molecule has 0 unspecified atom stereocenters. The summed E-state index contributed by atoms with van der Waals surface area (Å²) >= 11 is 6.37. The molecule has 2 aromatic rings. The van der Waals surface area contributed by atoms with Crippen LogP contribution in [-0.2, 0) is 19.1 Å². The summed E-state index contributed by atoms with van der Waals surface area (Å²) < 4.78 is 16.6. The molecular weight excluding hydrogens is 488 g/mol. The number of ether oxygens (including phenoxy) is 3. The highest BCUT2D eigenvalue weighted by Gasteiger charge is 2.19. The maximum Gasteiger partial charge on any atom is 0.329 e. The molecule has 0 radical (unpaired) electrons. The molecule has 1 aliphatic rings. The summed E-state index contributed by atoms with van der Waals surface area (Å²) in [5, 5.41) is 9.25. The zero-order valence-corrected chi connectivity index (χ0v) is 20.9. The normalized spacial score (nSPS) is 14.9. The predicted molar refractivity (Wildman–Crippen MR) is 136 cm³/mol. The van der Waals surface area contributed by atoms with Gasteiger partial charge in [0, 0.05) is 18.8 Å². The van der Waals surface area contributed by atoms with Crippen molar-refractivity contribution in [3.05, 3.63) is 52.5 Å². The molecule has 1 atom stereocenters. The Labute approximate surface area is 214 Å². The molecule has 0 saturated carbocycles. The van der Waals surface area contributed by atoms with Crippen molar-refractivity contribution in [3.63, 3.8) is 0 Å². The van der Waals surface area contributed by atoms with Gasteiger partial charge in [0.1, 0.15) is 0 Å². The van der Waals surface area contributed by atoms with E-state index in [0.29, 0.717) is 30.2 Å². The Morgan fingerprint density at radius 2 is 1.94 bits per heavy atom. The molecule has 0 aromatic heterocycles. The topological polar surface area (TPSA) is 127 Å². The quantitative estimate of drug-likeness (QED) is 0.253. The maximum atomic E-state index is 12.3. The van der Waals surface area contributed by atoms with E-state index >= 15 is 0 Å². The minimum Gasteiger partial charge on any atom is -0.490 e. The number of amides is 3. The third-order valence-corrected chi connectivity index (χ3v) is 5.40. The Bertz CT molecular complexity index is 1100. The van der Waals surface area contributed by atoms with Gasteiger partial charge in [-0.25, -0.2) is 5.43 Å². The van der Waals surface area contributed by atoms with Crippen LogP contribution in [-0.4, -0.2) is 56.4 Å². The second-order valence-corrected chi connectivity index (χ2v) is 8.42. The van der Waals surface area contributed by atoms with E-state index in [1.165, 1.54) is 12.3 Å². The maximum absolute atomic E-state index is 12.3. The molecule has 3 amide bonds. The standard InChI is InChI=1S/C25H29ClN4O6/c1-3-34-21-12-17(13-28-30-25(33)24(32)27-14-19-5-4-10-35-19)11-20(26)23(21)36-15-22(31)29-18-8-6-16(2)7-9-18/h6-9,11-13,19H,3-5,10,14-15H2,1-2H3,(H,27,32)(H,29,31)(H,30,33)/b28-13-/t19-/m1/s1. The van der Waals surface area contributed by atoms with Gasteiger partial charge in [-0.15, -0.1) is 0 Å². The van der Waals surface area contributed by atoms with Crippen LogP contribution in [0.2, 0.25) is 5.02 Å². The number of hydrogen-bond acceptors (Lipinski definition) is 7. The number of carbonyl (C=O) groups is 3. The van der Waals surface area contributed by atoms with Crippen molar-refractivity contribution >= 4 is 41.2 Å². The van der Waals surface area contributed by atoms with Gasteiger partial charge >= 0.3 is 11.8 Å². The smallest absolute Gasteiger partial charge is 0.329 e. The summed E-state index contributed by atoms with van der Waals surface area (Å²) in [6, 6.07) is 10.5. The van der Waals surface area contributed by atoms with Gasteiger partial charge in [0.15, 0.2) is 18.1 Å². The second-order valence-electron chi connectivity index (χ2n) is 8.01. The van der Waals surface area contributed by atoms with Crippen LogP contribution in [0, 0.1) is 6.92 Å². The van der Waals surface area contributed by atoms with E-state index in [1.54, 1.807) is 25.1 Å². The zero-order valence-electron chi connectivity index (χ0n) is 20.1. The zero-order chi connectivity index (χ0) is 25.9. The van der Waals surface area contributed by atoms with E-state index in [0.717, 1.165) is 18.4 Å². The Hall–Kier alpha value is -3.63. The largest absolute Gasteiger partial charge is 0.490 e. The van der Waals surface area contributed by atoms with Gasteiger partial charge in [-0.05, 0) is 56.5 Å². The highest BCUT2D eigenvalue weighted by atomic mass is 35.5. The van der Waals surface area contributed by atoms with Crippen LogP contribution in [0.25, 0.3) is 0 Å². The molecule has 3 rings (SSSR count). The number of hydrogen-bond donors (Lipinski definition) is 3. The third-order valence-electron chi connectivity index (χ3n) is 5.11. The molecular formula is C25H29ClN4O6. The van der Waals surface area contributed by atoms with Crippen LogP contribution in [0.15, 0.2) is 41.5 Å². The highest BCUT2D eigenvalue weighted by Crippen LogP contribution is 2.36. The first-order valence-corrected chi connectivity index (χ1v) is 11.9. The molecule has 10 nitrogen and oxygen atoms in total. The number of anilines is 1. The number of nitrogens with zero attached hydrogens (tertiary/aromatic N) is 1. The summed E-state index contributed by atoms with van der Waals surface area (Å²) in [7, 11) is 0. The third kappa shape index (κ3) is 8.24. The van der Waals surface area contributed by atoms with Crippen molar-refractivity contribution in [2.75, 3.05) is 31.7 Å². The number of halogens is 1. The fraction of sp³-hybridized carbons (Fsp3) is 0.360. The van der Waals surface area contributed by atoms with Gasteiger partial charge < -0.3 is 24.8 Å². The number of benzene rings is 2. The van der Waals surface area contributed by atoms with Crippen LogP contribution in [0.4, 0.5) is 5.69 Å². The minimum atomic E-state index is -0.903. The summed E-state index contributed by atoms with van der Waals surface area (Å²) in [5.41, 5.74) is 4.39. The molecule has 11 heteroatoms. The molecule has 1 aliphatic heterocycles. The molecule has 1 saturated heterocycles. The van der Waals surface area contributed by atoms with Crippen LogP contribution in [0.1, 0.15) is 30.9 Å². The number of carbonyl (C=O) groups excluding carboxylic acids is 3. The number of hydrazone groups is 1. The van der Waals surface area contributed by atoms with Crippen molar-refractivity contribution in [2.24, 2.45) is 5.10 Å². The first kappa shape index (κ1) is 27.0. The molecule has 3 N–H and O–H groups in total. The van der Waals surface area contributed by atoms with E-state index in [2.05, 4.69) is 21.2 Å². The SMILES string of the molecule is CCOc1cc(/C=N\NC(=O)C(=O)NC[C@H]2CCCO2)cc(Cl)c1OCC(=O)Nc1ccc(C)cc1. The summed E-state index contributed by atoms with van der Waals surface area (Å²) in [4.78, 5) is 36.1. The van der Waals surface area contributed by atoms with Crippen molar-refractivity contribution in [1.29, 1.82) is 0 Å². The van der Waals surface area contributed by atoms with Crippen molar-refractivity contribution in [1.82, 2.24) is 10.7 Å². The van der Waals surface area contributed by atoms with E-state index in [1.807, 2.05) is 19.1 Å². The van der Waals surface area contributed by atoms with Crippen LogP contribution >= 0.6 is 11.6 Å². The molecule has 0 bridgehead atoms. The van der Waals surface area contributed by atoms with Gasteiger partial charge in [-0.2, -0.15) is 5.10 Å². The number of aryl methyl sites for hydroxylation is 1. The number of nitrogens with one attached hydrogen (secondary N) is 3. The first-order valence-electron chi connectivity index (χ1n) is 11.5. The van der Waals surface area contributed by atoms with E-state index < -0.39 is 11.8 Å². The highest BCUT2D eigenvalue weighted by molar-refractivity contribution is 6.35.